The lowest BCUT2D eigenvalue weighted by molar-refractivity contribution is -0.163. The molecule has 0 radical (unpaired) electrons. The predicted molar refractivity (Wildman–Crippen MR) is 47.2 cm³/mol. The van der Waals surface area contributed by atoms with E-state index in [0.717, 1.165) is 6.08 Å². The van der Waals surface area contributed by atoms with Crippen LogP contribution in [0.3, 0.4) is 0 Å². The van der Waals surface area contributed by atoms with Gasteiger partial charge in [-0.3, -0.25) is 4.79 Å². The highest BCUT2D eigenvalue weighted by Gasteiger charge is 2.34. The van der Waals surface area contributed by atoms with Gasteiger partial charge in [0.2, 0.25) is 0 Å². The van der Waals surface area contributed by atoms with Gasteiger partial charge in [-0.25, -0.2) is 4.79 Å². The predicted octanol–water partition coefficient (Wildman–Crippen LogP) is 1.21. The molecule has 4 heteroatoms. The van der Waals surface area contributed by atoms with Crippen LogP contribution < -0.4 is 0 Å². The van der Waals surface area contributed by atoms with E-state index < -0.39 is 23.5 Å². The fraction of sp³-hybridized carbons (Fsp3) is 0.556. The van der Waals surface area contributed by atoms with Gasteiger partial charge in [0.15, 0.2) is 0 Å². The number of rotatable bonds is 4. The molecule has 13 heavy (non-hydrogen) atoms. The summed E-state index contributed by atoms with van der Waals surface area (Å²) in [5.74, 6) is -2.36. The monoisotopic (exact) mass is 186 g/mol. The van der Waals surface area contributed by atoms with Crippen LogP contribution in [0.1, 0.15) is 20.8 Å². The van der Waals surface area contributed by atoms with Crippen LogP contribution in [-0.2, 0) is 14.3 Å². The molecule has 0 spiro atoms. The third-order valence-electron chi connectivity index (χ3n) is 1.94. The summed E-state index contributed by atoms with van der Waals surface area (Å²) < 4.78 is 4.87. The molecule has 1 N–H and O–H groups in total. The fourth-order valence-corrected chi connectivity index (χ4v) is 0.687. The van der Waals surface area contributed by atoms with Crippen molar-refractivity contribution in [1.82, 2.24) is 0 Å². The molecule has 1 atom stereocenters. The number of hydrogen-bond donors (Lipinski definition) is 1. The molecule has 74 valence electrons. The van der Waals surface area contributed by atoms with Gasteiger partial charge < -0.3 is 9.84 Å². The van der Waals surface area contributed by atoms with Crippen LogP contribution in [0, 0.1) is 5.92 Å². The maximum absolute atomic E-state index is 10.8. The van der Waals surface area contributed by atoms with Crippen molar-refractivity contribution in [3.05, 3.63) is 12.7 Å². The minimum absolute atomic E-state index is 0.613. The molecule has 0 aromatic heterocycles. The molecule has 0 saturated carbocycles. The van der Waals surface area contributed by atoms with Gasteiger partial charge in [-0.2, -0.15) is 0 Å². The highest BCUT2D eigenvalue weighted by molar-refractivity contribution is 5.82. The van der Waals surface area contributed by atoms with Crippen molar-refractivity contribution in [3.8, 4) is 0 Å². The standard InChI is InChI=1S/C9H14O4/c1-5-7(10)13-9(3,4)6(2)8(11)12/h5-6H,1H2,2-4H3,(H,11,12). The summed E-state index contributed by atoms with van der Waals surface area (Å²) in [5.41, 5.74) is -1.02. The molecule has 0 aliphatic heterocycles. The second-order valence-electron chi connectivity index (χ2n) is 3.29. The topological polar surface area (TPSA) is 63.6 Å². The molecule has 0 fully saturated rings. The van der Waals surface area contributed by atoms with Gasteiger partial charge >= 0.3 is 11.9 Å². The number of ether oxygens (including phenoxy) is 1. The third-order valence-corrected chi connectivity index (χ3v) is 1.94. The Morgan fingerprint density at radius 1 is 1.54 bits per heavy atom. The number of carbonyl (C=O) groups is 2. The Hall–Kier alpha value is -1.32. The van der Waals surface area contributed by atoms with E-state index in [4.69, 9.17) is 9.84 Å². The minimum Gasteiger partial charge on any atom is -0.481 e. The molecule has 0 aromatic rings. The number of aliphatic carboxylic acids is 1. The van der Waals surface area contributed by atoms with Crippen molar-refractivity contribution >= 4 is 11.9 Å². The summed E-state index contributed by atoms with van der Waals surface area (Å²) in [7, 11) is 0. The van der Waals surface area contributed by atoms with E-state index in [9.17, 15) is 9.59 Å². The van der Waals surface area contributed by atoms with E-state index in [1.165, 1.54) is 6.92 Å². The van der Waals surface area contributed by atoms with Crippen LogP contribution in [0.4, 0.5) is 0 Å². The smallest absolute Gasteiger partial charge is 0.330 e. The third kappa shape index (κ3) is 3.27. The van der Waals surface area contributed by atoms with Crippen molar-refractivity contribution in [1.29, 1.82) is 0 Å². The number of hydrogen-bond acceptors (Lipinski definition) is 3. The largest absolute Gasteiger partial charge is 0.481 e. The Kier molecular flexibility index (Phi) is 3.66. The first-order valence-corrected chi connectivity index (χ1v) is 3.89. The minimum atomic E-state index is -1.02. The normalized spacial score (nSPS) is 13.2. The van der Waals surface area contributed by atoms with E-state index in [-0.39, 0.29) is 0 Å². The van der Waals surface area contributed by atoms with Crippen molar-refractivity contribution in [2.24, 2.45) is 5.92 Å². The van der Waals surface area contributed by atoms with Gasteiger partial charge in [-0.05, 0) is 20.8 Å². The van der Waals surface area contributed by atoms with E-state index in [0.29, 0.717) is 0 Å². The summed E-state index contributed by atoms with van der Waals surface area (Å²) in [6, 6.07) is 0. The van der Waals surface area contributed by atoms with Crippen LogP contribution in [-0.4, -0.2) is 22.6 Å². The van der Waals surface area contributed by atoms with Crippen molar-refractivity contribution in [2.75, 3.05) is 0 Å². The molecule has 4 nitrogen and oxygen atoms in total. The molecule has 0 aliphatic rings. The lowest BCUT2D eigenvalue weighted by atomic mass is 9.93. The van der Waals surface area contributed by atoms with E-state index in [2.05, 4.69) is 6.58 Å². The van der Waals surface area contributed by atoms with Crippen molar-refractivity contribution in [3.63, 3.8) is 0 Å². The number of carboxylic acid groups (broad SMARTS) is 1. The fourth-order valence-electron chi connectivity index (χ4n) is 0.687. The van der Waals surface area contributed by atoms with Gasteiger partial charge in [-0.15, -0.1) is 0 Å². The molecule has 0 saturated heterocycles. The molecular weight excluding hydrogens is 172 g/mol. The van der Waals surface area contributed by atoms with Gasteiger partial charge in [-0.1, -0.05) is 6.58 Å². The Bertz CT molecular complexity index is 230. The SMILES string of the molecule is C=CC(=O)OC(C)(C)C(C)C(=O)O. The second kappa shape index (κ2) is 4.07. The number of esters is 1. The lowest BCUT2D eigenvalue weighted by Gasteiger charge is -2.28. The number of carboxylic acids is 1. The average molecular weight is 186 g/mol. The Morgan fingerprint density at radius 3 is 2.31 bits per heavy atom. The maximum atomic E-state index is 10.8. The highest BCUT2D eigenvalue weighted by atomic mass is 16.6. The highest BCUT2D eigenvalue weighted by Crippen LogP contribution is 2.21. The van der Waals surface area contributed by atoms with Gasteiger partial charge in [0.25, 0.3) is 0 Å². The zero-order chi connectivity index (χ0) is 10.6. The molecule has 0 amide bonds. The van der Waals surface area contributed by atoms with Crippen molar-refractivity contribution in [2.45, 2.75) is 26.4 Å². The van der Waals surface area contributed by atoms with Crippen LogP contribution in [0.15, 0.2) is 12.7 Å². The average Bonchev–Trinajstić information content (AvgIpc) is 2.01. The summed E-state index contributed by atoms with van der Waals surface area (Å²) >= 11 is 0. The van der Waals surface area contributed by atoms with Crippen LogP contribution in [0.2, 0.25) is 0 Å². The quantitative estimate of drug-likeness (QED) is 0.529. The first kappa shape index (κ1) is 11.7. The molecular formula is C9H14O4. The van der Waals surface area contributed by atoms with Crippen molar-refractivity contribution < 1.29 is 19.4 Å². The van der Waals surface area contributed by atoms with Crippen LogP contribution >= 0.6 is 0 Å². The molecule has 0 aliphatic carbocycles. The molecule has 0 heterocycles. The Morgan fingerprint density at radius 2 is 2.00 bits per heavy atom. The van der Waals surface area contributed by atoms with E-state index in [1.54, 1.807) is 13.8 Å². The van der Waals surface area contributed by atoms with E-state index >= 15 is 0 Å². The lowest BCUT2D eigenvalue weighted by Crippen LogP contribution is -2.39. The Balaban J connectivity index is 4.46. The maximum Gasteiger partial charge on any atom is 0.330 e. The van der Waals surface area contributed by atoms with Gasteiger partial charge in [0, 0.05) is 6.08 Å². The summed E-state index contributed by atoms with van der Waals surface area (Å²) in [6.07, 6.45) is 1.01. The zero-order valence-electron chi connectivity index (χ0n) is 8.03. The van der Waals surface area contributed by atoms with Gasteiger partial charge in [0.05, 0.1) is 5.92 Å². The summed E-state index contributed by atoms with van der Waals surface area (Å²) in [4.78, 5) is 21.4. The first-order chi connectivity index (χ1) is 5.81. The van der Waals surface area contributed by atoms with E-state index in [1.807, 2.05) is 0 Å². The molecule has 0 aromatic carbocycles. The first-order valence-electron chi connectivity index (χ1n) is 3.89. The zero-order valence-corrected chi connectivity index (χ0v) is 8.03. The second-order valence-corrected chi connectivity index (χ2v) is 3.29. The Labute approximate surface area is 77.2 Å². The van der Waals surface area contributed by atoms with Crippen LogP contribution in [0.25, 0.3) is 0 Å². The van der Waals surface area contributed by atoms with Crippen LogP contribution in [0.5, 0.6) is 0 Å². The molecule has 0 rings (SSSR count). The number of carbonyl (C=O) groups excluding carboxylic acids is 1. The molecule has 0 bridgehead atoms. The summed E-state index contributed by atoms with van der Waals surface area (Å²) in [5, 5.41) is 8.69. The van der Waals surface area contributed by atoms with Gasteiger partial charge in [0.1, 0.15) is 5.60 Å². The molecule has 1 unspecified atom stereocenters. The summed E-state index contributed by atoms with van der Waals surface area (Å²) in [6.45, 7) is 7.81.